The molecule has 0 unspecified atom stereocenters. The van der Waals surface area contributed by atoms with Crippen molar-refractivity contribution in [2.75, 3.05) is 37.6 Å². The van der Waals surface area contributed by atoms with Gasteiger partial charge in [-0.3, -0.25) is 9.69 Å². The number of nitrogens with zero attached hydrogens (tertiary/aromatic N) is 4. The number of piperazine rings is 1. The minimum atomic E-state index is -2.34. The Morgan fingerprint density at radius 2 is 1.39 bits per heavy atom. The molecule has 2 saturated heterocycles. The molecule has 2 fully saturated rings. The average Bonchev–Trinajstić information content (AvgIpc) is 3.14. The molecule has 0 saturated carbocycles. The van der Waals surface area contributed by atoms with Crippen LogP contribution in [0.15, 0.2) is 67.0 Å². The number of rotatable bonds is 9. The van der Waals surface area contributed by atoms with Gasteiger partial charge in [-0.2, -0.15) is 0 Å². The summed E-state index contributed by atoms with van der Waals surface area (Å²) in [5, 5.41) is 11.7. The molecule has 9 nitrogen and oxygen atoms in total. The van der Waals surface area contributed by atoms with E-state index in [9.17, 15) is 31.9 Å². The number of nitrogens with one attached hydrogen (secondary N) is 1. The molecule has 2 aliphatic rings. The molecule has 0 aliphatic carbocycles. The Labute approximate surface area is 279 Å². The van der Waals surface area contributed by atoms with E-state index in [-0.39, 0.29) is 31.3 Å². The van der Waals surface area contributed by atoms with Gasteiger partial charge in [0.2, 0.25) is 11.8 Å². The second-order valence-corrected chi connectivity index (χ2v) is 12.0. The molecule has 4 atom stereocenters. The molecule has 4 aromatic rings. The van der Waals surface area contributed by atoms with Crippen LogP contribution in [0.1, 0.15) is 51.9 Å². The van der Waals surface area contributed by atoms with Crippen LogP contribution in [0.3, 0.4) is 0 Å². The number of carbonyl (C=O) groups excluding carboxylic acids is 1. The Hall–Kier alpha value is -4.50. The van der Waals surface area contributed by atoms with Gasteiger partial charge in [-0.25, -0.2) is 31.9 Å². The molecule has 2 aliphatic heterocycles. The smallest absolute Gasteiger partial charge is 0.257 e. The van der Waals surface area contributed by atoms with E-state index in [0.717, 1.165) is 37.3 Å². The van der Waals surface area contributed by atoms with Gasteiger partial charge in [-0.15, -0.1) is 0 Å². The van der Waals surface area contributed by atoms with Crippen molar-refractivity contribution in [3.8, 4) is 0 Å². The van der Waals surface area contributed by atoms with Gasteiger partial charge >= 0.3 is 0 Å². The van der Waals surface area contributed by atoms with E-state index >= 15 is 0 Å². The number of hydrogen-bond acceptors (Lipinski definition) is 8. The zero-order chi connectivity index (χ0) is 34.7. The van der Waals surface area contributed by atoms with Crippen LogP contribution >= 0.6 is 0 Å². The average molecular weight is 684 g/mol. The van der Waals surface area contributed by atoms with Gasteiger partial charge in [0.05, 0.1) is 18.8 Å². The highest BCUT2D eigenvalue weighted by atomic mass is 19.2. The first-order chi connectivity index (χ1) is 23.6. The predicted octanol–water partition coefficient (Wildman–Crippen LogP) is 5.21. The molecule has 1 amide bonds. The van der Waals surface area contributed by atoms with Crippen LogP contribution in [-0.4, -0.2) is 64.7 Å². The van der Waals surface area contributed by atoms with Gasteiger partial charge in [-0.1, -0.05) is 55.5 Å². The summed E-state index contributed by atoms with van der Waals surface area (Å²) < 4.78 is 81.8. The summed E-state index contributed by atoms with van der Waals surface area (Å²) in [5.74, 6) is -11.9. The Morgan fingerprint density at radius 1 is 0.816 bits per heavy atom. The van der Waals surface area contributed by atoms with Crippen LogP contribution < -0.4 is 10.2 Å². The Balaban J connectivity index is 1.15. The predicted molar refractivity (Wildman–Crippen MR) is 167 cm³/mol. The maximum Gasteiger partial charge on any atom is 0.257 e. The van der Waals surface area contributed by atoms with Crippen LogP contribution in [0.4, 0.5) is 27.9 Å². The molecular formula is C35H34F5N5O4. The van der Waals surface area contributed by atoms with Gasteiger partial charge in [0.15, 0.2) is 29.6 Å². The highest BCUT2D eigenvalue weighted by Crippen LogP contribution is 2.42. The molecular weight excluding hydrogens is 649 g/mol. The number of ether oxygens (including phenoxy) is 2. The van der Waals surface area contributed by atoms with Gasteiger partial charge in [-0.05, 0) is 22.8 Å². The van der Waals surface area contributed by atoms with Crippen LogP contribution in [-0.2, 0) is 22.6 Å². The molecule has 0 bridgehead atoms. The maximum atomic E-state index is 14.1. The lowest BCUT2D eigenvalue weighted by atomic mass is 9.90. The highest BCUT2D eigenvalue weighted by Gasteiger charge is 2.39. The number of aliphatic hydroxyl groups is 1. The first-order valence-corrected chi connectivity index (χ1v) is 15.8. The van der Waals surface area contributed by atoms with E-state index in [4.69, 9.17) is 9.47 Å². The summed E-state index contributed by atoms with van der Waals surface area (Å²) in [6.07, 6.45) is 2.13. The Morgan fingerprint density at radius 3 is 2.00 bits per heavy atom. The van der Waals surface area contributed by atoms with E-state index < -0.39 is 46.8 Å². The van der Waals surface area contributed by atoms with E-state index in [1.54, 1.807) is 42.7 Å². The largest absolute Gasteiger partial charge is 0.392 e. The molecule has 0 radical (unpaired) electrons. The molecule has 6 rings (SSSR count). The molecule has 1 aromatic heterocycles. The van der Waals surface area contributed by atoms with E-state index in [2.05, 4.69) is 32.0 Å². The van der Waals surface area contributed by atoms with E-state index in [0.29, 0.717) is 23.6 Å². The van der Waals surface area contributed by atoms with Gasteiger partial charge in [0, 0.05) is 63.1 Å². The summed E-state index contributed by atoms with van der Waals surface area (Å²) >= 11 is 0. The Bertz CT molecular complexity index is 1730. The maximum absolute atomic E-state index is 14.1. The second-order valence-electron chi connectivity index (χ2n) is 12.0. The summed E-state index contributed by atoms with van der Waals surface area (Å²) in [6.45, 7) is 5.51. The molecule has 3 aromatic carbocycles. The molecule has 49 heavy (non-hydrogen) atoms. The topological polar surface area (TPSA) is 100 Å². The van der Waals surface area contributed by atoms with Crippen molar-refractivity contribution >= 4 is 11.9 Å². The quantitative estimate of drug-likeness (QED) is 0.141. The SMILES string of the molecule is C[C@H]1[C@@H](CN2CCN(c3ncccn3)CC2)O[C@@H](c2ccc(CNC(=O)c3c(F)c(F)c(F)c(F)c3F)cc2)O[C@H]1c1ccc(CO)cc1. The summed E-state index contributed by atoms with van der Waals surface area (Å²) in [5.41, 5.74) is 1.33. The standard InChI is InChI=1S/C35H34F5N5O4/c1-20-25(18-44-13-15-45(16-14-44)35-41-11-2-12-42-35)48-34(49-32(20)23-7-5-22(19-46)6-8-23)24-9-3-21(4-10-24)17-43-33(47)26-27(36)29(38)31(40)30(39)28(26)37/h2-12,20,25,32,34,46H,13-19H2,1H3,(H,43,47)/t20-,25+,32+,34+/m0/s1. The lowest BCUT2D eigenvalue weighted by Gasteiger charge is -2.44. The molecule has 3 heterocycles. The van der Waals surface area contributed by atoms with Crippen LogP contribution in [0.25, 0.3) is 0 Å². The zero-order valence-electron chi connectivity index (χ0n) is 26.5. The monoisotopic (exact) mass is 683 g/mol. The lowest BCUT2D eigenvalue weighted by Crippen LogP contribution is -2.51. The van der Waals surface area contributed by atoms with Crippen molar-refractivity contribution < 1.29 is 41.3 Å². The summed E-state index contributed by atoms with van der Waals surface area (Å²) in [4.78, 5) is 25.6. The summed E-state index contributed by atoms with van der Waals surface area (Å²) in [7, 11) is 0. The number of aromatic nitrogens is 2. The van der Waals surface area contributed by atoms with E-state index in [1.807, 2.05) is 24.3 Å². The fraction of sp³-hybridized carbons (Fsp3) is 0.343. The molecule has 0 spiro atoms. The Kier molecular flexibility index (Phi) is 10.5. The number of carbonyl (C=O) groups is 1. The molecule has 258 valence electrons. The fourth-order valence-electron chi connectivity index (χ4n) is 6.04. The third kappa shape index (κ3) is 7.42. The van der Waals surface area contributed by atoms with Crippen molar-refractivity contribution in [3.05, 3.63) is 124 Å². The second kappa shape index (κ2) is 14.9. The first-order valence-electron chi connectivity index (χ1n) is 15.8. The number of anilines is 1. The van der Waals surface area contributed by atoms with Gasteiger partial charge in [0.25, 0.3) is 5.91 Å². The fourth-order valence-corrected chi connectivity index (χ4v) is 6.04. The minimum Gasteiger partial charge on any atom is -0.392 e. The number of amides is 1. The number of hydrogen-bond donors (Lipinski definition) is 2. The van der Waals surface area contributed by atoms with Crippen molar-refractivity contribution in [1.29, 1.82) is 0 Å². The highest BCUT2D eigenvalue weighted by molar-refractivity contribution is 5.94. The van der Waals surface area contributed by atoms with Crippen LogP contribution in [0, 0.1) is 35.0 Å². The third-order valence-electron chi connectivity index (χ3n) is 8.91. The third-order valence-corrected chi connectivity index (χ3v) is 8.91. The number of halogens is 5. The van der Waals surface area contributed by atoms with Gasteiger partial charge in [0.1, 0.15) is 5.56 Å². The van der Waals surface area contributed by atoms with Crippen molar-refractivity contribution in [2.45, 2.75) is 38.6 Å². The molecule has 14 heteroatoms. The molecule has 2 N–H and O–H groups in total. The number of benzene rings is 3. The van der Waals surface area contributed by atoms with Crippen LogP contribution in [0.2, 0.25) is 0 Å². The minimum absolute atomic E-state index is 0.0388. The van der Waals surface area contributed by atoms with Crippen molar-refractivity contribution in [1.82, 2.24) is 20.2 Å². The van der Waals surface area contributed by atoms with Crippen molar-refractivity contribution in [3.63, 3.8) is 0 Å². The normalized spacial score (nSPS) is 21.5. The first kappa shape index (κ1) is 34.4. The van der Waals surface area contributed by atoms with E-state index in [1.165, 1.54) is 0 Å². The summed E-state index contributed by atoms with van der Waals surface area (Å²) in [6, 6.07) is 16.1. The lowest BCUT2D eigenvalue weighted by molar-refractivity contribution is -0.276. The van der Waals surface area contributed by atoms with Crippen molar-refractivity contribution in [2.24, 2.45) is 5.92 Å². The zero-order valence-corrected chi connectivity index (χ0v) is 26.5. The number of aliphatic hydroxyl groups excluding tert-OH is 1. The van der Waals surface area contributed by atoms with Gasteiger partial charge < -0.3 is 24.8 Å². The van der Waals surface area contributed by atoms with Crippen LogP contribution in [0.5, 0.6) is 0 Å².